The molecule has 0 radical (unpaired) electrons. The van der Waals surface area contributed by atoms with E-state index in [9.17, 15) is 14.4 Å². The van der Waals surface area contributed by atoms with Crippen molar-refractivity contribution in [3.05, 3.63) is 104 Å². The molecule has 0 unspecified atom stereocenters. The van der Waals surface area contributed by atoms with E-state index >= 15 is 0 Å². The van der Waals surface area contributed by atoms with Gasteiger partial charge in [0.1, 0.15) is 6.54 Å². The third-order valence-electron chi connectivity index (χ3n) is 5.33. The number of nitrogens with zero attached hydrogens (tertiary/aromatic N) is 2. The van der Waals surface area contributed by atoms with Crippen LogP contribution in [0.3, 0.4) is 0 Å². The Bertz CT molecular complexity index is 1410. The molecule has 1 N–H and O–H groups in total. The second-order valence-electron chi connectivity index (χ2n) is 7.57. The van der Waals surface area contributed by atoms with Crippen molar-refractivity contribution in [2.75, 3.05) is 5.32 Å². The molecule has 4 aromatic rings. The van der Waals surface area contributed by atoms with Crippen molar-refractivity contribution < 1.29 is 9.59 Å². The van der Waals surface area contributed by atoms with Crippen molar-refractivity contribution in [3.8, 4) is 0 Å². The molecule has 2 aromatic heterocycles. The molecular formula is C25H20BrN3O3. The Hall–Kier alpha value is -3.58. The van der Waals surface area contributed by atoms with Crippen LogP contribution in [0.5, 0.6) is 0 Å². The van der Waals surface area contributed by atoms with Crippen molar-refractivity contribution in [3.63, 3.8) is 0 Å². The second-order valence-corrected chi connectivity index (χ2v) is 8.49. The molecule has 2 aromatic carbocycles. The Kier molecular flexibility index (Phi) is 6.01. The minimum atomic E-state index is -0.414. The molecule has 2 heterocycles. The summed E-state index contributed by atoms with van der Waals surface area (Å²) in [6.07, 6.45) is 4.46. The Labute approximate surface area is 193 Å². The number of amides is 1. The normalized spacial score (nSPS) is 10.8. The van der Waals surface area contributed by atoms with Crippen LogP contribution in [-0.2, 0) is 11.3 Å². The number of hydrogen-bond acceptors (Lipinski definition) is 4. The van der Waals surface area contributed by atoms with E-state index in [-0.39, 0.29) is 23.4 Å². The van der Waals surface area contributed by atoms with Gasteiger partial charge < -0.3 is 9.88 Å². The minimum Gasteiger partial charge on any atom is -0.337 e. The van der Waals surface area contributed by atoms with Gasteiger partial charge in [-0.1, -0.05) is 22.0 Å². The number of pyridine rings is 2. The Morgan fingerprint density at radius 3 is 2.47 bits per heavy atom. The third-order valence-corrected chi connectivity index (χ3v) is 5.83. The summed E-state index contributed by atoms with van der Waals surface area (Å²) in [5.41, 5.74) is 3.46. The molecule has 0 bridgehead atoms. The average Bonchev–Trinajstić information content (AvgIpc) is 2.78. The van der Waals surface area contributed by atoms with Gasteiger partial charge in [0.25, 0.3) is 0 Å². The zero-order valence-corrected chi connectivity index (χ0v) is 19.1. The number of nitrogens with one attached hydrogen (secondary N) is 1. The van der Waals surface area contributed by atoms with Crippen molar-refractivity contribution >= 4 is 44.2 Å². The van der Waals surface area contributed by atoms with Gasteiger partial charge in [0.15, 0.2) is 5.78 Å². The van der Waals surface area contributed by atoms with Crippen LogP contribution in [0, 0.1) is 13.8 Å². The number of carbonyl (C=O) groups excluding carboxylic acids is 2. The molecule has 0 saturated carbocycles. The van der Waals surface area contributed by atoms with Gasteiger partial charge in [0, 0.05) is 39.7 Å². The summed E-state index contributed by atoms with van der Waals surface area (Å²) in [5.74, 6) is -0.675. The lowest BCUT2D eigenvalue weighted by Crippen LogP contribution is -2.24. The molecular weight excluding hydrogens is 470 g/mol. The second kappa shape index (κ2) is 8.88. The predicted molar refractivity (Wildman–Crippen MR) is 128 cm³/mol. The zero-order valence-electron chi connectivity index (χ0n) is 17.6. The van der Waals surface area contributed by atoms with Crippen LogP contribution in [0.25, 0.3) is 10.9 Å². The highest BCUT2D eigenvalue weighted by atomic mass is 79.9. The van der Waals surface area contributed by atoms with Gasteiger partial charge in [0.05, 0.1) is 11.1 Å². The van der Waals surface area contributed by atoms with E-state index in [4.69, 9.17) is 0 Å². The summed E-state index contributed by atoms with van der Waals surface area (Å²) in [4.78, 5) is 42.9. The fourth-order valence-corrected chi connectivity index (χ4v) is 3.86. The van der Waals surface area contributed by atoms with Crippen LogP contribution >= 0.6 is 15.9 Å². The molecule has 0 aliphatic heterocycles. The highest BCUT2D eigenvalue weighted by molar-refractivity contribution is 9.10. The van der Waals surface area contributed by atoms with Crippen molar-refractivity contribution in [2.45, 2.75) is 20.4 Å². The molecule has 6 nitrogen and oxygen atoms in total. The Balaban J connectivity index is 1.75. The lowest BCUT2D eigenvalue weighted by atomic mass is 10.0. The zero-order chi connectivity index (χ0) is 22.8. The van der Waals surface area contributed by atoms with Crippen LogP contribution in [-0.4, -0.2) is 21.2 Å². The molecule has 0 saturated heterocycles. The number of fused-ring (bicyclic) bond motifs is 1. The third kappa shape index (κ3) is 4.38. The van der Waals surface area contributed by atoms with Gasteiger partial charge in [0.2, 0.25) is 11.3 Å². The predicted octanol–water partition coefficient (Wildman–Crippen LogP) is 4.65. The topological polar surface area (TPSA) is 81.1 Å². The Morgan fingerprint density at radius 1 is 1.00 bits per heavy atom. The number of aryl methyl sites for hydroxylation is 2. The first-order chi connectivity index (χ1) is 15.3. The number of benzene rings is 2. The average molecular weight is 490 g/mol. The summed E-state index contributed by atoms with van der Waals surface area (Å²) in [6.45, 7) is 3.93. The van der Waals surface area contributed by atoms with E-state index in [0.29, 0.717) is 26.6 Å². The molecule has 1 amide bonds. The Morgan fingerprint density at radius 2 is 1.75 bits per heavy atom. The van der Waals surface area contributed by atoms with Crippen LogP contribution in [0.15, 0.2) is 76.4 Å². The maximum absolute atomic E-state index is 13.1. The van der Waals surface area contributed by atoms with E-state index in [1.54, 1.807) is 34.9 Å². The van der Waals surface area contributed by atoms with E-state index < -0.39 is 5.78 Å². The van der Waals surface area contributed by atoms with Crippen LogP contribution in [0.1, 0.15) is 27.0 Å². The smallest absolute Gasteiger partial charge is 0.244 e. The first-order valence-electron chi connectivity index (χ1n) is 9.98. The van der Waals surface area contributed by atoms with Gasteiger partial charge in [-0.05, 0) is 67.4 Å². The summed E-state index contributed by atoms with van der Waals surface area (Å²) in [6, 6.07) is 14.0. The molecule has 0 aliphatic rings. The van der Waals surface area contributed by atoms with Crippen LogP contribution in [0.2, 0.25) is 0 Å². The number of halogens is 1. The highest BCUT2D eigenvalue weighted by Gasteiger charge is 2.18. The van der Waals surface area contributed by atoms with Crippen molar-refractivity contribution in [2.24, 2.45) is 0 Å². The quantitative estimate of drug-likeness (QED) is 0.413. The molecule has 0 spiro atoms. The fourth-order valence-electron chi connectivity index (χ4n) is 3.50. The van der Waals surface area contributed by atoms with Crippen LogP contribution < -0.4 is 10.7 Å². The van der Waals surface area contributed by atoms with Crippen LogP contribution in [0.4, 0.5) is 5.69 Å². The maximum atomic E-state index is 13.1. The van der Waals surface area contributed by atoms with E-state index in [0.717, 1.165) is 11.1 Å². The molecule has 0 atom stereocenters. The van der Waals surface area contributed by atoms with Gasteiger partial charge in [-0.25, -0.2) is 0 Å². The lowest BCUT2D eigenvalue weighted by Gasteiger charge is -2.14. The van der Waals surface area contributed by atoms with Crippen molar-refractivity contribution in [1.82, 2.24) is 9.55 Å². The first kappa shape index (κ1) is 21.6. The van der Waals surface area contributed by atoms with Crippen molar-refractivity contribution in [1.29, 1.82) is 0 Å². The standard InChI is InChI=1S/C25H20BrN3O3/c1-15-3-5-19(11-16(15)2)28-23(30)14-29-13-21(24(31)17-7-9-27-10-8-17)25(32)20-12-18(26)4-6-22(20)29/h3-13H,14H2,1-2H3,(H,28,30). The van der Waals surface area contributed by atoms with E-state index in [1.165, 1.54) is 18.6 Å². The fraction of sp³-hybridized carbons (Fsp3) is 0.120. The van der Waals surface area contributed by atoms with E-state index in [2.05, 4.69) is 26.2 Å². The maximum Gasteiger partial charge on any atom is 0.244 e. The number of hydrogen-bond donors (Lipinski definition) is 1. The molecule has 7 heteroatoms. The summed E-state index contributed by atoms with van der Waals surface area (Å²) < 4.78 is 2.34. The van der Waals surface area contributed by atoms with Gasteiger partial charge >= 0.3 is 0 Å². The number of ketones is 1. The largest absolute Gasteiger partial charge is 0.337 e. The molecule has 32 heavy (non-hydrogen) atoms. The molecule has 4 rings (SSSR count). The van der Waals surface area contributed by atoms with E-state index in [1.807, 2.05) is 32.0 Å². The lowest BCUT2D eigenvalue weighted by molar-refractivity contribution is -0.116. The summed E-state index contributed by atoms with van der Waals surface area (Å²) in [7, 11) is 0. The molecule has 0 fully saturated rings. The van der Waals surface area contributed by atoms with Gasteiger partial charge in [-0.3, -0.25) is 19.4 Å². The number of anilines is 1. The monoisotopic (exact) mass is 489 g/mol. The highest BCUT2D eigenvalue weighted by Crippen LogP contribution is 2.20. The summed E-state index contributed by atoms with van der Waals surface area (Å²) in [5, 5.41) is 3.25. The SMILES string of the molecule is Cc1ccc(NC(=O)Cn2cc(C(=O)c3ccncc3)c(=O)c3cc(Br)ccc32)cc1C. The number of carbonyl (C=O) groups is 2. The minimum absolute atomic E-state index is 0.000723. The molecule has 160 valence electrons. The first-order valence-corrected chi connectivity index (χ1v) is 10.8. The number of aromatic nitrogens is 2. The molecule has 0 aliphatic carbocycles. The number of rotatable bonds is 5. The summed E-state index contributed by atoms with van der Waals surface area (Å²) >= 11 is 3.38. The van der Waals surface area contributed by atoms with Gasteiger partial charge in [-0.15, -0.1) is 0 Å². The van der Waals surface area contributed by atoms with Gasteiger partial charge in [-0.2, -0.15) is 0 Å².